The number of amides is 2. The Morgan fingerprint density at radius 1 is 1.08 bits per heavy atom. The zero-order valence-corrected chi connectivity index (χ0v) is 21.0. The van der Waals surface area contributed by atoms with E-state index in [-0.39, 0.29) is 23.6 Å². The molecule has 1 saturated heterocycles. The Bertz CT molecular complexity index is 1050. The number of aromatic hydroxyl groups is 1. The van der Waals surface area contributed by atoms with Gasteiger partial charge in [0.1, 0.15) is 11.8 Å². The van der Waals surface area contributed by atoms with Crippen LogP contribution in [-0.2, 0) is 33.8 Å². The molecule has 36 heavy (non-hydrogen) atoms. The van der Waals surface area contributed by atoms with Crippen LogP contribution in [-0.4, -0.2) is 57.0 Å². The van der Waals surface area contributed by atoms with Gasteiger partial charge in [0, 0.05) is 44.8 Å². The molecule has 1 aromatic carbocycles. The number of phenols is 1. The van der Waals surface area contributed by atoms with Crippen molar-refractivity contribution in [3.05, 3.63) is 59.4 Å². The first-order valence-corrected chi connectivity index (χ1v) is 13.5. The van der Waals surface area contributed by atoms with E-state index in [4.69, 9.17) is 4.74 Å². The highest BCUT2D eigenvalue weighted by molar-refractivity contribution is 5.89. The lowest BCUT2D eigenvalue weighted by atomic mass is 9.90. The van der Waals surface area contributed by atoms with Gasteiger partial charge in [-0.25, -0.2) is 0 Å². The van der Waals surface area contributed by atoms with Crippen LogP contribution in [0.1, 0.15) is 68.2 Å². The van der Waals surface area contributed by atoms with Gasteiger partial charge in [-0.05, 0) is 67.0 Å². The highest BCUT2D eigenvalue weighted by Gasteiger charge is 2.39. The van der Waals surface area contributed by atoms with Crippen molar-refractivity contribution in [2.45, 2.75) is 83.0 Å². The minimum atomic E-state index is -0.572. The van der Waals surface area contributed by atoms with E-state index in [1.54, 1.807) is 23.2 Å². The van der Waals surface area contributed by atoms with Crippen LogP contribution >= 0.6 is 0 Å². The molecule has 2 aromatic rings. The molecule has 0 unspecified atom stereocenters. The minimum Gasteiger partial charge on any atom is -0.508 e. The van der Waals surface area contributed by atoms with Crippen molar-refractivity contribution in [2.75, 3.05) is 13.2 Å². The molecule has 0 radical (unpaired) electrons. The number of carbonyl (C=O) groups is 2. The molecule has 0 spiro atoms. The number of aromatic nitrogens is 1. The van der Waals surface area contributed by atoms with Crippen LogP contribution < -0.4 is 0 Å². The van der Waals surface area contributed by atoms with E-state index in [1.807, 2.05) is 29.2 Å². The van der Waals surface area contributed by atoms with Crippen molar-refractivity contribution >= 4 is 11.8 Å². The lowest BCUT2D eigenvalue weighted by Crippen LogP contribution is -2.55. The SMILES string of the molecule is O=C([C@H]1Cc2cc(O)ccc2CN1C(=O)CC[C@@H]1CCOC1)N(Cc1ccccn1)C1CCCCC1. The monoisotopic (exact) mass is 491 g/mol. The summed E-state index contributed by atoms with van der Waals surface area (Å²) in [6.45, 7) is 2.34. The molecule has 5 rings (SSSR count). The number of hydrogen-bond donors (Lipinski definition) is 1. The smallest absolute Gasteiger partial charge is 0.246 e. The Hall–Kier alpha value is -2.93. The van der Waals surface area contributed by atoms with Crippen molar-refractivity contribution in [1.29, 1.82) is 0 Å². The first-order chi connectivity index (χ1) is 17.6. The summed E-state index contributed by atoms with van der Waals surface area (Å²) < 4.78 is 5.49. The van der Waals surface area contributed by atoms with Gasteiger partial charge in [-0.2, -0.15) is 0 Å². The summed E-state index contributed by atoms with van der Waals surface area (Å²) in [5, 5.41) is 10.1. The third kappa shape index (κ3) is 5.72. The maximum absolute atomic E-state index is 14.3. The third-order valence-electron chi connectivity index (χ3n) is 8.07. The van der Waals surface area contributed by atoms with Crippen LogP contribution in [0.4, 0.5) is 0 Å². The topological polar surface area (TPSA) is 83.0 Å². The Morgan fingerprint density at radius 2 is 1.94 bits per heavy atom. The summed E-state index contributed by atoms with van der Waals surface area (Å²) in [6.07, 6.45) is 9.80. The zero-order valence-electron chi connectivity index (χ0n) is 21.0. The molecule has 3 heterocycles. The second-order valence-corrected chi connectivity index (χ2v) is 10.5. The molecule has 2 atom stereocenters. The predicted molar refractivity (Wildman–Crippen MR) is 136 cm³/mol. The Balaban J connectivity index is 1.41. The lowest BCUT2D eigenvalue weighted by Gasteiger charge is -2.42. The number of carbonyl (C=O) groups excluding carboxylic acids is 2. The summed E-state index contributed by atoms with van der Waals surface area (Å²) in [6, 6.07) is 10.7. The number of hydrogen-bond acceptors (Lipinski definition) is 5. The number of ether oxygens (including phenoxy) is 1. The molecule has 1 aromatic heterocycles. The van der Waals surface area contributed by atoms with E-state index >= 15 is 0 Å². The van der Waals surface area contributed by atoms with Gasteiger partial charge in [0.05, 0.1) is 12.2 Å². The summed E-state index contributed by atoms with van der Waals surface area (Å²) in [7, 11) is 0. The molecule has 2 fully saturated rings. The molecule has 7 nitrogen and oxygen atoms in total. The minimum absolute atomic E-state index is 0.000837. The summed E-state index contributed by atoms with van der Waals surface area (Å²) in [4.78, 5) is 36.1. The molecular formula is C29H37N3O4. The zero-order chi connectivity index (χ0) is 24.9. The maximum atomic E-state index is 14.3. The van der Waals surface area contributed by atoms with Gasteiger partial charge < -0.3 is 19.6 Å². The standard InChI is InChI=1S/C29H37N3O4/c33-26-11-10-22-18-32(28(34)12-9-21-13-15-36-20-21)27(17-23(22)16-26)29(35)31(25-7-2-1-3-8-25)19-24-6-4-5-14-30-24/h4-6,10-11,14,16,21,25,27,33H,1-3,7-9,12-13,15,17-20H2/t21-,27-/m1/s1. The van der Waals surface area contributed by atoms with Crippen molar-refractivity contribution < 1.29 is 19.4 Å². The van der Waals surface area contributed by atoms with Crippen molar-refractivity contribution in [3.8, 4) is 5.75 Å². The maximum Gasteiger partial charge on any atom is 0.246 e. The van der Waals surface area contributed by atoms with Gasteiger partial charge in [-0.15, -0.1) is 0 Å². The average molecular weight is 492 g/mol. The molecule has 1 N–H and O–H groups in total. The number of phenolic OH excluding ortho intramolecular Hbond substituents is 1. The summed E-state index contributed by atoms with van der Waals surface area (Å²) in [5.74, 6) is 0.637. The molecule has 0 bridgehead atoms. The van der Waals surface area contributed by atoms with E-state index in [1.165, 1.54) is 6.42 Å². The number of nitrogens with zero attached hydrogens (tertiary/aromatic N) is 3. The Morgan fingerprint density at radius 3 is 2.69 bits per heavy atom. The highest BCUT2D eigenvalue weighted by atomic mass is 16.5. The third-order valence-corrected chi connectivity index (χ3v) is 8.07. The van der Waals surface area contributed by atoms with Gasteiger partial charge >= 0.3 is 0 Å². The molecule has 192 valence electrons. The summed E-state index contributed by atoms with van der Waals surface area (Å²) in [5.41, 5.74) is 2.82. The van der Waals surface area contributed by atoms with E-state index in [0.29, 0.717) is 31.8 Å². The van der Waals surface area contributed by atoms with E-state index in [9.17, 15) is 14.7 Å². The van der Waals surface area contributed by atoms with Crippen LogP contribution in [0.2, 0.25) is 0 Å². The fraction of sp³-hybridized carbons (Fsp3) is 0.552. The number of rotatable bonds is 7. The largest absolute Gasteiger partial charge is 0.508 e. The lowest BCUT2D eigenvalue weighted by molar-refractivity contribution is -0.149. The van der Waals surface area contributed by atoms with Crippen LogP contribution in [0, 0.1) is 5.92 Å². The second kappa shape index (κ2) is 11.4. The second-order valence-electron chi connectivity index (χ2n) is 10.5. The Kier molecular flexibility index (Phi) is 7.85. The summed E-state index contributed by atoms with van der Waals surface area (Å²) >= 11 is 0. The van der Waals surface area contributed by atoms with E-state index < -0.39 is 6.04 Å². The Labute approximate surface area is 213 Å². The van der Waals surface area contributed by atoms with Crippen molar-refractivity contribution in [3.63, 3.8) is 0 Å². The van der Waals surface area contributed by atoms with Crippen LogP contribution in [0.3, 0.4) is 0 Å². The molecule has 2 aliphatic heterocycles. The molecule has 7 heteroatoms. The van der Waals surface area contributed by atoms with Crippen LogP contribution in [0.25, 0.3) is 0 Å². The molecule has 3 aliphatic rings. The van der Waals surface area contributed by atoms with Crippen LogP contribution in [0.15, 0.2) is 42.6 Å². The fourth-order valence-electron chi connectivity index (χ4n) is 5.97. The van der Waals surface area contributed by atoms with Crippen LogP contribution in [0.5, 0.6) is 5.75 Å². The molecular weight excluding hydrogens is 454 g/mol. The fourth-order valence-corrected chi connectivity index (χ4v) is 5.97. The normalized spacial score (nSPS) is 22.3. The highest BCUT2D eigenvalue weighted by Crippen LogP contribution is 2.31. The molecule has 2 amide bonds. The van der Waals surface area contributed by atoms with Crippen molar-refractivity contribution in [2.24, 2.45) is 5.92 Å². The predicted octanol–water partition coefficient (Wildman–Crippen LogP) is 4.22. The first kappa shape index (κ1) is 24.8. The van der Waals surface area contributed by atoms with Gasteiger partial charge in [0.15, 0.2) is 0 Å². The van der Waals surface area contributed by atoms with Gasteiger partial charge in [-0.3, -0.25) is 14.6 Å². The molecule has 1 aliphatic carbocycles. The average Bonchev–Trinajstić information content (AvgIpc) is 3.44. The van der Waals surface area contributed by atoms with Gasteiger partial charge in [0.25, 0.3) is 0 Å². The van der Waals surface area contributed by atoms with Gasteiger partial charge in [-0.1, -0.05) is 31.4 Å². The van der Waals surface area contributed by atoms with Crippen molar-refractivity contribution in [1.82, 2.24) is 14.8 Å². The molecule has 1 saturated carbocycles. The quantitative estimate of drug-likeness (QED) is 0.627. The number of fused-ring (bicyclic) bond motifs is 1. The first-order valence-electron chi connectivity index (χ1n) is 13.5. The van der Waals surface area contributed by atoms with Gasteiger partial charge in [0.2, 0.25) is 11.8 Å². The van der Waals surface area contributed by atoms with E-state index in [0.717, 1.165) is 68.6 Å². The number of benzene rings is 1. The number of pyridine rings is 1. The van der Waals surface area contributed by atoms with E-state index in [2.05, 4.69) is 4.98 Å².